The number of amides is 3. The van der Waals surface area contributed by atoms with Gasteiger partial charge in [0.2, 0.25) is 11.8 Å². The normalized spacial score (nSPS) is 30.3. The Morgan fingerprint density at radius 3 is 2.67 bits per heavy atom. The third-order valence-electron chi connectivity index (χ3n) is 10.4. The number of rotatable bonds is 11. The van der Waals surface area contributed by atoms with Crippen molar-refractivity contribution in [1.82, 2.24) is 10.2 Å². The molecule has 2 saturated heterocycles. The molecule has 2 fully saturated rings. The third kappa shape index (κ3) is 10.3. The van der Waals surface area contributed by atoms with Crippen LogP contribution in [0.5, 0.6) is 5.75 Å². The molecule has 4 bridgehead atoms. The second-order valence-electron chi connectivity index (χ2n) is 14.2. The van der Waals surface area contributed by atoms with E-state index in [9.17, 15) is 24.3 Å². The number of esters is 1. The first-order chi connectivity index (χ1) is 26.0. The van der Waals surface area contributed by atoms with E-state index < -0.39 is 71.6 Å². The first kappa shape index (κ1) is 43.3. The molecule has 302 valence electrons. The molecule has 3 aliphatic rings. The molecule has 18 heteroatoms. The summed E-state index contributed by atoms with van der Waals surface area (Å²) < 4.78 is 34.5. The summed E-state index contributed by atoms with van der Waals surface area (Å²) in [7, 11) is 5.90. The minimum absolute atomic E-state index is 0.0445. The smallest absolute Gasteiger partial charge is 0.409 e. The number of likely N-dealkylation sites (N-methyl/N-ethyl adjacent to an activating group) is 1. The number of carbonyl (C=O) groups excluding carboxylic acids is 4. The van der Waals surface area contributed by atoms with Gasteiger partial charge in [0.25, 0.3) is 0 Å². The molecule has 0 saturated carbocycles. The molecular formula is C37H51ClN6O11. The Bertz CT molecular complexity index is 1720. The number of azide groups is 1. The Balaban J connectivity index is 1.68. The van der Waals surface area contributed by atoms with Crippen molar-refractivity contribution in [3.63, 3.8) is 0 Å². The van der Waals surface area contributed by atoms with Crippen molar-refractivity contribution in [2.24, 2.45) is 11.0 Å². The highest BCUT2D eigenvalue weighted by Crippen LogP contribution is 2.49. The highest BCUT2D eigenvalue weighted by atomic mass is 35.5. The van der Waals surface area contributed by atoms with Gasteiger partial charge >= 0.3 is 12.1 Å². The largest absolute Gasteiger partial charge is 0.495 e. The van der Waals surface area contributed by atoms with E-state index in [1.807, 2.05) is 13.0 Å². The van der Waals surface area contributed by atoms with Crippen LogP contribution in [0.3, 0.4) is 0 Å². The Morgan fingerprint density at radius 2 is 2.00 bits per heavy atom. The molecule has 2 unspecified atom stereocenters. The van der Waals surface area contributed by atoms with Crippen LogP contribution in [0.25, 0.3) is 10.4 Å². The van der Waals surface area contributed by atoms with Gasteiger partial charge < -0.3 is 43.3 Å². The fourth-order valence-corrected chi connectivity index (χ4v) is 7.12. The van der Waals surface area contributed by atoms with Crippen LogP contribution in [-0.2, 0) is 44.5 Å². The van der Waals surface area contributed by atoms with Gasteiger partial charge in [0.1, 0.15) is 40.7 Å². The lowest BCUT2D eigenvalue weighted by Gasteiger charge is -2.42. The zero-order valence-corrected chi connectivity index (χ0v) is 33.2. The number of epoxide rings is 1. The van der Waals surface area contributed by atoms with Gasteiger partial charge in [0.15, 0.2) is 5.72 Å². The van der Waals surface area contributed by atoms with Crippen LogP contribution in [0.4, 0.5) is 10.5 Å². The number of aliphatic hydroxyl groups is 1. The molecular weight excluding hydrogens is 740 g/mol. The SMILES string of the molecule is COc1cc2cc(c1Cl)N(C)C(=O)C[C@H](OC(=O)[C@H](C)N(C)C(=O)CCOCCN=[N+]=[N-])[C@@]1(C)O[C@H]1[C@H](C)C1C[C@@](O)(NC(=O)O1)C(OC)/C=C/C=C(\C)C2. The summed E-state index contributed by atoms with van der Waals surface area (Å²) in [5.41, 5.74) is 7.36. The molecule has 55 heavy (non-hydrogen) atoms. The minimum Gasteiger partial charge on any atom is -0.495 e. The summed E-state index contributed by atoms with van der Waals surface area (Å²) in [6.45, 7) is 7.18. The van der Waals surface area contributed by atoms with Gasteiger partial charge in [-0.25, -0.2) is 9.59 Å². The van der Waals surface area contributed by atoms with E-state index in [1.165, 1.54) is 38.0 Å². The quantitative estimate of drug-likeness (QED) is 0.0808. The maximum absolute atomic E-state index is 14.1. The van der Waals surface area contributed by atoms with Crippen molar-refractivity contribution in [2.45, 2.75) is 95.2 Å². The molecule has 2 N–H and O–H groups in total. The number of hydrogen-bond acceptors (Lipinski definition) is 12. The number of alkyl carbamates (subject to hydrolysis) is 1. The first-order valence-electron chi connectivity index (χ1n) is 17.9. The second-order valence-corrected chi connectivity index (χ2v) is 14.6. The molecule has 0 aliphatic carbocycles. The van der Waals surface area contributed by atoms with E-state index in [2.05, 4.69) is 15.3 Å². The summed E-state index contributed by atoms with van der Waals surface area (Å²) >= 11 is 6.75. The van der Waals surface area contributed by atoms with Crippen LogP contribution < -0.4 is 15.0 Å². The summed E-state index contributed by atoms with van der Waals surface area (Å²) in [6.07, 6.45) is 0.636. The predicted molar refractivity (Wildman–Crippen MR) is 200 cm³/mol. The molecule has 0 radical (unpaired) electrons. The van der Waals surface area contributed by atoms with Crippen molar-refractivity contribution >= 4 is 41.2 Å². The fourth-order valence-electron chi connectivity index (χ4n) is 6.81. The molecule has 1 aromatic rings. The van der Waals surface area contributed by atoms with Gasteiger partial charge in [-0.3, -0.25) is 14.9 Å². The van der Waals surface area contributed by atoms with Crippen molar-refractivity contribution in [3.05, 3.63) is 57.0 Å². The van der Waals surface area contributed by atoms with E-state index in [1.54, 1.807) is 45.2 Å². The van der Waals surface area contributed by atoms with Crippen molar-refractivity contribution in [3.8, 4) is 5.75 Å². The second kappa shape index (κ2) is 18.5. The zero-order valence-electron chi connectivity index (χ0n) is 32.4. The van der Waals surface area contributed by atoms with Gasteiger partial charge in [0, 0.05) is 45.0 Å². The summed E-state index contributed by atoms with van der Waals surface area (Å²) in [5, 5.41) is 17.8. The van der Waals surface area contributed by atoms with E-state index in [0.29, 0.717) is 17.9 Å². The van der Waals surface area contributed by atoms with Gasteiger partial charge in [-0.2, -0.15) is 0 Å². The molecule has 1 aromatic carbocycles. The van der Waals surface area contributed by atoms with Crippen molar-refractivity contribution < 1.29 is 52.7 Å². The lowest BCUT2D eigenvalue weighted by molar-refractivity contribution is -0.162. The van der Waals surface area contributed by atoms with Crippen LogP contribution in [0.2, 0.25) is 5.02 Å². The van der Waals surface area contributed by atoms with Crippen molar-refractivity contribution in [2.75, 3.05) is 53.0 Å². The van der Waals surface area contributed by atoms with Gasteiger partial charge in [-0.1, -0.05) is 47.4 Å². The topological polar surface area (TPSA) is 214 Å². The number of carbonyl (C=O) groups is 4. The van der Waals surface area contributed by atoms with Crippen LogP contribution in [0.15, 0.2) is 41.0 Å². The van der Waals surface area contributed by atoms with E-state index in [-0.39, 0.29) is 44.0 Å². The average Bonchev–Trinajstić information content (AvgIpc) is 3.84. The Hall–Kier alpha value is -4.38. The number of anilines is 1. The number of benzene rings is 1. The molecule has 17 nitrogen and oxygen atoms in total. The van der Waals surface area contributed by atoms with Gasteiger partial charge in [-0.05, 0) is 50.4 Å². The molecule has 3 heterocycles. The van der Waals surface area contributed by atoms with Crippen LogP contribution in [-0.4, -0.2) is 124 Å². The number of ether oxygens (including phenoxy) is 6. The van der Waals surface area contributed by atoms with Crippen LogP contribution >= 0.6 is 11.6 Å². The summed E-state index contributed by atoms with van der Waals surface area (Å²) in [4.78, 5) is 58.9. The van der Waals surface area contributed by atoms with Crippen LogP contribution in [0.1, 0.15) is 52.5 Å². The molecule has 8 atom stereocenters. The fraction of sp³-hybridized carbons (Fsp3) is 0.622. The van der Waals surface area contributed by atoms with Gasteiger partial charge in [-0.15, -0.1) is 0 Å². The maximum Gasteiger partial charge on any atom is 0.409 e. The lowest BCUT2D eigenvalue weighted by Crippen LogP contribution is -2.63. The summed E-state index contributed by atoms with van der Waals surface area (Å²) in [6, 6.07) is 2.49. The summed E-state index contributed by atoms with van der Waals surface area (Å²) in [5.74, 6) is -1.86. The number of nitrogens with zero attached hydrogens (tertiary/aromatic N) is 5. The molecule has 0 aromatic heterocycles. The van der Waals surface area contributed by atoms with Crippen LogP contribution in [0, 0.1) is 5.92 Å². The Labute approximate surface area is 325 Å². The highest BCUT2D eigenvalue weighted by molar-refractivity contribution is 6.35. The van der Waals surface area contributed by atoms with Crippen molar-refractivity contribution in [1.29, 1.82) is 0 Å². The zero-order chi connectivity index (χ0) is 40.7. The number of halogens is 1. The standard InChI is InChI=1S/C37H51ClN6O11/c1-21-10-9-11-28(51-8)37(49)20-27(53-35(48)41-37)22(2)33-36(4,55-33)29(19-31(46)44(6)25-17-24(16-21)18-26(50-7)32(25)38)54-34(47)23(3)43(5)30(45)12-14-52-15-13-40-42-39/h9-11,17-18,22-23,27-29,33,49H,12-16,19-20H2,1-8H3,(H,41,48)/b11-9+,21-10+/t22-,23+,27?,28?,29+,33+,36-,37+/m1/s1. The molecule has 0 spiro atoms. The number of methoxy groups -OCH3 is 2. The monoisotopic (exact) mass is 790 g/mol. The maximum atomic E-state index is 14.1. The number of nitrogens with one attached hydrogen (secondary N) is 1. The van der Waals surface area contributed by atoms with E-state index in [4.69, 9.17) is 45.6 Å². The molecule has 3 amide bonds. The minimum atomic E-state index is -1.85. The van der Waals surface area contributed by atoms with Gasteiger partial charge in [0.05, 0.1) is 45.0 Å². The molecule has 4 rings (SSSR count). The number of hydrogen-bond donors (Lipinski definition) is 2. The first-order valence-corrected chi connectivity index (χ1v) is 18.3. The third-order valence-corrected chi connectivity index (χ3v) is 10.8. The highest BCUT2D eigenvalue weighted by Gasteiger charge is 2.64. The predicted octanol–water partition coefficient (Wildman–Crippen LogP) is 4.23. The lowest BCUT2D eigenvalue weighted by atomic mass is 9.83. The van der Waals surface area contributed by atoms with E-state index in [0.717, 1.165) is 11.1 Å². The Morgan fingerprint density at radius 1 is 1.27 bits per heavy atom. The number of fused-ring (bicyclic) bond motifs is 5. The number of allylic oxidation sites excluding steroid dienone is 3. The molecule has 3 aliphatic heterocycles. The average molecular weight is 791 g/mol. The Kier molecular flexibility index (Phi) is 14.6. The van der Waals surface area contributed by atoms with E-state index >= 15 is 0 Å².